The van der Waals surface area contributed by atoms with Crippen LogP contribution in [0.25, 0.3) is 0 Å². The van der Waals surface area contributed by atoms with Crippen molar-refractivity contribution in [3.63, 3.8) is 0 Å². The van der Waals surface area contributed by atoms with Crippen LogP contribution in [0.3, 0.4) is 0 Å². The van der Waals surface area contributed by atoms with Gasteiger partial charge in [0.1, 0.15) is 0 Å². The molecule has 0 radical (unpaired) electrons. The van der Waals surface area contributed by atoms with Crippen LogP contribution in [-0.2, 0) is 9.47 Å². The van der Waals surface area contributed by atoms with Crippen LogP contribution in [0.4, 0.5) is 0 Å². The molecule has 1 saturated carbocycles. The minimum Gasteiger partial charge on any atom is -0.381 e. The number of thioether (sulfide) groups is 1. The fourth-order valence-corrected chi connectivity index (χ4v) is 4.57. The first-order chi connectivity index (χ1) is 11.8. The Morgan fingerprint density at radius 1 is 1.32 bits per heavy atom. The van der Waals surface area contributed by atoms with E-state index < -0.39 is 0 Å². The maximum absolute atomic E-state index is 5.74. The Hall–Kier alpha value is 0.270. The summed E-state index contributed by atoms with van der Waals surface area (Å²) in [5.41, 5.74) is 0. The van der Waals surface area contributed by atoms with Crippen LogP contribution in [0, 0.1) is 5.92 Å². The highest BCUT2D eigenvalue weighted by molar-refractivity contribution is 14.0. The van der Waals surface area contributed by atoms with Crippen molar-refractivity contribution in [2.75, 3.05) is 45.8 Å². The predicted molar refractivity (Wildman–Crippen MR) is 118 cm³/mol. The van der Waals surface area contributed by atoms with Gasteiger partial charge in [0, 0.05) is 44.0 Å². The summed E-state index contributed by atoms with van der Waals surface area (Å²) in [5, 5.41) is 7.83. The van der Waals surface area contributed by atoms with Gasteiger partial charge in [-0.1, -0.05) is 13.3 Å². The first kappa shape index (κ1) is 23.3. The predicted octanol–water partition coefficient (Wildman–Crippen LogP) is 3.28. The van der Waals surface area contributed by atoms with Crippen molar-refractivity contribution in [1.82, 2.24) is 10.6 Å². The van der Waals surface area contributed by atoms with Crippen molar-refractivity contribution in [3.05, 3.63) is 0 Å². The van der Waals surface area contributed by atoms with Gasteiger partial charge in [-0.2, -0.15) is 11.8 Å². The Labute approximate surface area is 174 Å². The summed E-state index contributed by atoms with van der Waals surface area (Å²) in [6.07, 6.45) is 7.36. The highest BCUT2D eigenvalue weighted by Crippen LogP contribution is 2.28. The number of nitrogens with one attached hydrogen (secondary N) is 2. The zero-order valence-corrected chi connectivity index (χ0v) is 18.9. The number of rotatable bonds is 9. The molecule has 0 aromatic heterocycles. The fraction of sp³-hybridized carbons (Fsp3) is 0.944. The summed E-state index contributed by atoms with van der Waals surface area (Å²) < 4.78 is 11.1. The third-order valence-corrected chi connectivity index (χ3v) is 5.96. The molecule has 0 aromatic rings. The van der Waals surface area contributed by atoms with Crippen molar-refractivity contribution in [2.24, 2.45) is 10.9 Å². The van der Waals surface area contributed by atoms with Gasteiger partial charge in [0.05, 0.1) is 13.2 Å². The average molecular weight is 485 g/mol. The zero-order chi connectivity index (χ0) is 17.0. The molecule has 1 aliphatic carbocycles. The lowest BCUT2D eigenvalue weighted by Crippen LogP contribution is -2.46. The Morgan fingerprint density at radius 2 is 2.20 bits per heavy atom. The molecule has 2 fully saturated rings. The number of nitrogens with zero attached hydrogens (tertiary/aromatic N) is 1. The summed E-state index contributed by atoms with van der Waals surface area (Å²) in [5.74, 6) is 2.76. The third kappa shape index (κ3) is 9.68. The standard InChI is InChI=1S/C18H35N3O2S.HI/c1-3-24-17-7-4-6-16(12-17)21-18(19-2)20-9-5-10-22-13-15-8-11-23-14-15;/h15-17H,3-14H2,1-2H3,(H2,19,20,21);1H. The van der Waals surface area contributed by atoms with Crippen molar-refractivity contribution < 1.29 is 9.47 Å². The molecular weight excluding hydrogens is 449 g/mol. The molecular formula is C18H36IN3O2S. The van der Waals surface area contributed by atoms with E-state index in [4.69, 9.17) is 9.47 Å². The Kier molecular flexibility index (Phi) is 13.4. The van der Waals surface area contributed by atoms with Crippen LogP contribution in [0.15, 0.2) is 4.99 Å². The largest absolute Gasteiger partial charge is 0.381 e. The van der Waals surface area contributed by atoms with Gasteiger partial charge in [-0.3, -0.25) is 4.99 Å². The topological polar surface area (TPSA) is 54.9 Å². The lowest BCUT2D eigenvalue weighted by molar-refractivity contribution is 0.0888. The molecule has 25 heavy (non-hydrogen) atoms. The van der Waals surface area contributed by atoms with Crippen LogP contribution in [0.1, 0.15) is 45.4 Å². The first-order valence-electron chi connectivity index (χ1n) is 9.56. The number of guanidine groups is 1. The van der Waals surface area contributed by atoms with Gasteiger partial charge < -0.3 is 20.1 Å². The van der Waals surface area contributed by atoms with Gasteiger partial charge in [0.15, 0.2) is 5.96 Å². The van der Waals surface area contributed by atoms with E-state index in [2.05, 4.69) is 34.3 Å². The van der Waals surface area contributed by atoms with E-state index in [0.717, 1.165) is 57.0 Å². The molecule has 0 spiro atoms. The van der Waals surface area contributed by atoms with Gasteiger partial charge in [-0.05, 0) is 37.9 Å². The zero-order valence-electron chi connectivity index (χ0n) is 15.8. The number of hydrogen-bond acceptors (Lipinski definition) is 4. The Balaban J connectivity index is 0.00000312. The smallest absolute Gasteiger partial charge is 0.191 e. The summed E-state index contributed by atoms with van der Waals surface area (Å²) in [6.45, 7) is 6.57. The molecule has 0 aromatic carbocycles. The summed E-state index contributed by atoms with van der Waals surface area (Å²) >= 11 is 2.10. The normalized spacial score (nSPS) is 27.0. The number of hydrogen-bond donors (Lipinski definition) is 2. The molecule has 1 saturated heterocycles. The van der Waals surface area contributed by atoms with E-state index in [0.29, 0.717) is 12.0 Å². The molecule has 148 valence electrons. The van der Waals surface area contributed by atoms with Gasteiger partial charge in [0.2, 0.25) is 0 Å². The second-order valence-electron chi connectivity index (χ2n) is 6.74. The van der Waals surface area contributed by atoms with E-state index >= 15 is 0 Å². The number of aliphatic imine (C=N–C) groups is 1. The van der Waals surface area contributed by atoms with Gasteiger partial charge >= 0.3 is 0 Å². The quantitative estimate of drug-likeness (QED) is 0.227. The molecule has 2 N–H and O–H groups in total. The fourth-order valence-electron chi connectivity index (χ4n) is 3.40. The van der Waals surface area contributed by atoms with E-state index in [1.165, 1.54) is 31.4 Å². The minimum absolute atomic E-state index is 0. The van der Waals surface area contributed by atoms with Crippen LogP contribution in [0.2, 0.25) is 0 Å². The number of ether oxygens (including phenoxy) is 2. The molecule has 7 heteroatoms. The lowest BCUT2D eigenvalue weighted by Gasteiger charge is -2.30. The van der Waals surface area contributed by atoms with Gasteiger partial charge in [0.25, 0.3) is 0 Å². The summed E-state index contributed by atoms with van der Waals surface area (Å²) in [4.78, 5) is 4.36. The average Bonchev–Trinajstić information content (AvgIpc) is 3.11. The molecule has 3 unspecified atom stereocenters. The summed E-state index contributed by atoms with van der Waals surface area (Å²) in [6, 6.07) is 0.563. The van der Waals surface area contributed by atoms with Crippen molar-refractivity contribution in [3.8, 4) is 0 Å². The SMILES string of the molecule is CCSC1CCCC(NC(=NC)NCCCOCC2CCOC2)C1.I. The number of halogens is 1. The highest BCUT2D eigenvalue weighted by atomic mass is 127. The molecule has 0 amide bonds. The maximum Gasteiger partial charge on any atom is 0.191 e. The van der Waals surface area contributed by atoms with Crippen LogP contribution in [-0.4, -0.2) is 63.0 Å². The molecule has 2 rings (SSSR count). The van der Waals surface area contributed by atoms with E-state index in [1.807, 2.05) is 7.05 Å². The van der Waals surface area contributed by atoms with E-state index in [-0.39, 0.29) is 24.0 Å². The van der Waals surface area contributed by atoms with Crippen LogP contribution >= 0.6 is 35.7 Å². The monoisotopic (exact) mass is 485 g/mol. The molecule has 1 aliphatic heterocycles. The first-order valence-corrected chi connectivity index (χ1v) is 10.6. The Bertz CT molecular complexity index is 366. The maximum atomic E-state index is 5.74. The molecule has 3 atom stereocenters. The van der Waals surface area contributed by atoms with Crippen molar-refractivity contribution >= 4 is 41.7 Å². The van der Waals surface area contributed by atoms with Gasteiger partial charge in [-0.25, -0.2) is 0 Å². The second kappa shape index (κ2) is 14.3. The third-order valence-electron chi connectivity index (χ3n) is 4.73. The second-order valence-corrected chi connectivity index (χ2v) is 8.32. The Morgan fingerprint density at radius 3 is 2.92 bits per heavy atom. The molecule has 0 bridgehead atoms. The summed E-state index contributed by atoms with van der Waals surface area (Å²) in [7, 11) is 1.85. The van der Waals surface area contributed by atoms with Crippen molar-refractivity contribution in [2.45, 2.75) is 56.7 Å². The lowest BCUT2D eigenvalue weighted by atomic mass is 9.95. The molecule has 1 heterocycles. The van der Waals surface area contributed by atoms with Gasteiger partial charge in [-0.15, -0.1) is 24.0 Å². The van der Waals surface area contributed by atoms with Crippen molar-refractivity contribution in [1.29, 1.82) is 0 Å². The van der Waals surface area contributed by atoms with Crippen LogP contribution < -0.4 is 10.6 Å². The van der Waals surface area contributed by atoms with Crippen LogP contribution in [0.5, 0.6) is 0 Å². The highest BCUT2D eigenvalue weighted by Gasteiger charge is 2.22. The molecule has 2 aliphatic rings. The van der Waals surface area contributed by atoms with E-state index in [1.54, 1.807) is 0 Å². The van der Waals surface area contributed by atoms with E-state index in [9.17, 15) is 0 Å². The molecule has 5 nitrogen and oxygen atoms in total. The minimum atomic E-state index is 0.